The van der Waals surface area contributed by atoms with E-state index >= 15 is 0 Å². The minimum atomic E-state index is 0.757. The fourth-order valence-electron chi connectivity index (χ4n) is 2.15. The predicted octanol–water partition coefficient (Wildman–Crippen LogP) is 2.51. The van der Waals surface area contributed by atoms with Crippen molar-refractivity contribution >= 4 is 16.7 Å². The third-order valence-electron chi connectivity index (χ3n) is 3.12. The van der Waals surface area contributed by atoms with Gasteiger partial charge in [0.1, 0.15) is 5.65 Å². The first kappa shape index (κ1) is 10.8. The minimum absolute atomic E-state index is 0.757. The van der Waals surface area contributed by atoms with Crippen molar-refractivity contribution in [2.75, 3.05) is 5.32 Å². The number of aromatic amines is 2. The molecule has 18 heavy (non-hydrogen) atoms. The van der Waals surface area contributed by atoms with Gasteiger partial charge in [0.05, 0.1) is 17.1 Å². The Kier molecular flexibility index (Phi) is 2.51. The van der Waals surface area contributed by atoms with Crippen molar-refractivity contribution in [2.45, 2.75) is 20.4 Å². The monoisotopic (exact) mass is 241 g/mol. The lowest BCUT2D eigenvalue weighted by molar-refractivity contribution is 1.02. The molecule has 92 valence electrons. The molecule has 0 aliphatic carbocycles. The summed E-state index contributed by atoms with van der Waals surface area (Å²) < 4.78 is 0. The summed E-state index contributed by atoms with van der Waals surface area (Å²) in [6, 6.07) is 4.03. The van der Waals surface area contributed by atoms with Gasteiger partial charge in [-0.3, -0.25) is 5.10 Å². The van der Waals surface area contributed by atoms with Crippen molar-refractivity contribution in [3.05, 3.63) is 41.5 Å². The molecule has 0 aliphatic heterocycles. The van der Waals surface area contributed by atoms with Crippen molar-refractivity contribution in [2.24, 2.45) is 0 Å². The van der Waals surface area contributed by atoms with Crippen molar-refractivity contribution in [3.63, 3.8) is 0 Å². The van der Waals surface area contributed by atoms with Gasteiger partial charge in [-0.1, -0.05) is 0 Å². The number of hydrogen-bond donors (Lipinski definition) is 3. The Balaban J connectivity index is 1.85. The molecule has 0 aliphatic rings. The molecular formula is C13H15N5. The summed E-state index contributed by atoms with van der Waals surface area (Å²) in [5.74, 6) is 0. The maximum absolute atomic E-state index is 4.28. The number of rotatable bonds is 3. The van der Waals surface area contributed by atoms with Gasteiger partial charge in [0, 0.05) is 24.3 Å². The number of nitrogens with one attached hydrogen (secondary N) is 3. The fourth-order valence-corrected chi connectivity index (χ4v) is 2.15. The van der Waals surface area contributed by atoms with Crippen LogP contribution in [0, 0.1) is 13.8 Å². The molecule has 0 atom stereocenters. The zero-order valence-electron chi connectivity index (χ0n) is 10.4. The Bertz CT molecular complexity index is 660. The van der Waals surface area contributed by atoms with Crippen LogP contribution in [-0.4, -0.2) is 20.2 Å². The minimum Gasteiger partial charge on any atom is -0.378 e. The molecule has 3 N–H and O–H groups in total. The van der Waals surface area contributed by atoms with Gasteiger partial charge in [0.15, 0.2) is 0 Å². The number of aryl methyl sites for hydroxylation is 2. The lowest BCUT2D eigenvalue weighted by Gasteiger charge is -2.05. The molecule has 0 fully saturated rings. The number of anilines is 1. The maximum atomic E-state index is 4.28. The highest BCUT2D eigenvalue weighted by Crippen LogP contribution is 2.20. The highest BCUT2D eigenvalue weighted by Gasteiger charge is 2.07. The summed E-state index contributed by atoms with van der Waals surface area (Å²) >= 11 is 0. The fraction of sp³-hybridized carbons (Fsp3) is 0.231. The summed E-state index contributed by atoms with van der Waals surface area (Å²) in [6.07, 6.45) is 3.79. The molecule has 0 radical (unpaired) electrons. The number of fused-ring (bicyclic) bond motifs is 1. The molecule has 5 heteroatoms. The van der Waals surface area contributed by atoms with Crippen LogP contribution in [0.25, 0.3) is 11.0 Å². The van der Waals surface area contributed by atoms with Gasteiger partial charge in [0.2, 0.25) is 0 Å². The van der Waals surface area contributed by atoms with E-state index < -0.39 is 0 Å². The van der Waals surface area contributed by atoms with Crippen LogP contribution in [0.3, 0.4) is 0 Å². The molecule has 3 heterocycles. The molecular weight excluding hydrogens is 226 g/mol. The SMILES string of the molecule is Cc1n[nH]c(C)c1NCc1c[nH]c2ncccc12. The van der Waals surface area contributed by atoms with Gasteiger partial charge in [-0.25, -0.2) is 4.98 Å². The first-order valence-electron chi connectivity index (χ1n) is 5.92. The van der Waals surface area contributed by atoms with E-state index in [1.807, 2.05) is 26.1 Å². The average Bonchev–Trinajstić information content (AvgIpc) is 2.93. The zero-order chi connectivity index (χ0) is 12.5. The van der Waals surface area contributed by atoms with Crippen molar-refractivity contribution in [1.82, 2.24) is 20.2 Å². The van der Waals surface area contributed by atoms with Gasteiger partial charge in [0.25, 0.3) is 0 Å². The van der Waals surface area contributed by atoms with E-state index in [1.165, 1.54) is 5.56 Å². The smallest absolute Gasteiger partial charge is 0.137 e. The number of pyridine rings is 1. The maximum Gasteiger partial charge on any atom is 0.137 e. The van der Waals surface area contributed by atoms with Gasteiger partial charge in [-0.15, -0.1) is 0 Å². The molecule has 0 unspecified atom stereocenters. The number of nitrogens with zero attached hydrogens (tertiary/aromatic N) is 2. The molecule has 0 saturated heterocycles. The second-order valence-corrected chi connectivity index (χ2v) is 4.38. The highest BCUT2D eigenvalue weighted by atomic mass is 15.1. The Morgan fingerprint density at radius 3 is 3.00 bits per heavy atom. The topological polar surface area (TPSA) is 69.4 Å². The largest absolute Gasteiger partial charge is 0.378 e. The highest BCUT2D eigenvalue weighted by molar-refractivity contribution is 5.79. The van der Waals surface area contributed by atoms with Crippen molar-refractivity contribution in [1.29, 1.82) is 0 Å². The van der Waals surface area contributed by atoms with Crippen molar-refractivity contribution < 1.29 is 0 Å². The van der Waals surface area contributed by atoms with Crippen LogP contribution in [0.4, 0.5) is 5.69 Å². The van der Waals surface area contributed by atoms with E-state index in [1.54, 1.807) is 6.20 Å². The summed E-state index contributed by atoms with van der Waals surface area (Å²) in [5, 5.41) is 11.7. The summed E-state index contributed by atoms with van der Waals surface area (Å²) in [6.45, 7) is 4.76. The van der Waals surface area contributed by atoms with E-state index in [0.717, 1.165) is 34.7 Å². The molecule has 0 spiro atoms. The summed E-state index contributed by atoms with van der Waals surface area (Å²) in [7, 11) is 0. The first-order valence-corrected chi connectivity index (χ1v) is 5.92. The van der Waals surface area contributed by atoms with Crippen molar-refractivity contribution in [3.8, 4) is 0 Å². The van der Waals surface area contributed by atoms with Gasteiger partial charge >= 0.3 is 0 Å². The van der Waals surface area contributed by atoms with Crippen LogP contribution in [0.5, 0.6) is 0 Å². The third kappa shape index (κ3) is 1.73. The van der Waals surface area contributed by atoms with Crippen LogP contribution in [0.2, 0.25) is 0 Å². The van der Waals surface area contributed by atoms with E-state index in [2.05, 4.69) is 31.5 Å². The Labute approximate surface area is 105 Å². The van der Waals surface area contributed by atoms with Gasteiger partial charge in [-0.05, 0) is 31.5 Å². The molecule has 3 aromatic rings. The molecule has 5 nitrogen and oxygen atoms in total. The standard InChI is InChI=1S/C13H15N5/c1-8-12(9(2)18-17-8)15-6-10-7-16-13-11(10)4-3-5-14-13/h3-5,7,15H,6H2,1-2H3,(H,14,16)(H,17,18). The van der Waals surface area contributed by atoms with E-state index in [-0.39, 0.29) is 0 Å². The van der Waals surface area contributed by atoms with E-state index in [9.17, 15) is 0 Å². The van der Waals surface area contributed by atoms with Gasteiger partial charge < -0.3 is 10.3 Å². The first-order chi connectivity index (χ1) is 8.75. The van der Waals surface area contributed by atoms with Crippen LogP contribution in [-0.2, 0) is 6.54 Å². The Morgan fingerprint density at radius 2 is 2.22 bits per heavy atom. The normalized spacial score (nSPS) is 11.0. The summed E-state index contributed by atoms with van der Waals surface area (Å²) in [4.78, 5) is 7.45. The number of H-pyrrole nitrogens is 2. The second kappa shape index (κ2) is 4.18. The molecule has 0 saturated carbocycles. The van der Waals surface area contributed by atoms with Crippen LogP contribution in [0.15, 0.2) is 24.5 Å². The quantitative estimate of drug-likeness (QED) is 0.660. The number of hydrogen-bond acceptors (Lipinski definition) is 3. The lowest BCUT2D eigenvalue weighted by atomic mass is 10.2. The number of aromatic nitrogens is 4. The molecule has 3 aromatic heterocycles. The van der Waals surface area contributed by atoms with E-state index in [4.69, 9.17) is 0 Å². The van der Waals surface area contributed by atoms with Crippen LogP contribution < -0.4 is 5.32 Å². The van der Waals surface area contributed by atoms with Crippen LogP contribution >= 0.6 is 0 Å². The predicted molar refractivity (Wildman–Crippen MR) is 71.5 cm³/mol. The molecule has 3 rings (SSSR count). The Morgan fingerprint density at radius 1 is 1.33 bits per heavy atom. The van der Waals surface area contributed by atoms with Crippen LogP contribution in [0.1, 0.15) is 17.0 Å². The summed E-state index contributed by atoms with van der Waals surface area (Å²) in [5.41, 5.74) is 5.26. The van der Waals surface area contributed by atoms with Gasteiger partial charge in [-0.2, -0.15) is 5.10 Å². The lowest BCUT2D eigenvalue weighted by Crippen LogP contribution is -2.00. The van der Waals surface area contributed by atoms with E-state index in [0.29, 0.717) is 0 Å². The zero-order valence-corrected chi connectivity index (χ0v) is 10.4. The second-order valence-electron chi connectivity index (χ2n) is 4.38. The third-order valence-corrected chi connectivity index (χ3v) is 3.12. The molecule has 0 bridgehead atoms. The molecule has 0 amide bonds. The average molecular weight is 241 g/mol. The Hall–Kier alpha value is -2.30. The molecule has 0 aromatic carbocycles.